The third-order valence-electron chi connectivity index (χ3n) is 3.66. The van der Waals surface area contributed by atoms with Crippen molar-refractivity contribution in [2.45, 2.75) is 12.5 Å². The Hall–Kier alpha value is -3.02. The molecule has 3 rings (SSSR count). The summed E-state index contributed by atoms with van der Waals surface area (Å²) >= 11 is 0. The molecule has 1 aliphatic heterocycles. The normalized spacial score (nSPS) is 15.9. The van der Waals surface area contributed by atoms with Crippen LogP contribution in [0.5, 0.6) is 5.75 Å². The number of primary amides is 1. The van der Waals surface area contributed by atoms with E-state index in [-0.39, 0.29) is 11.9 Å². The van der Waals surface area contributed by atoms with Crippen molar-refractivity contribution >= 4 is 17.6 Å². The van der Waals surface area contributed by atoms with E-state index in [4.69, 9.17) is 10.5 Å². The molecule has 0 aliphatic carbocycles. The third kappa shape index (κ3) is 3.42. The zero-order chi connectivity index (χ0) is 16.2. The maximum absolute atomic E-state index is 12.5. The highest BCUT2D eigenvalue weighted by Crippen LogP contribution is 2.31. The predicted octanol–water partition coefficient (Wildman–Crippen LogP) is 2.43. The number of fused-ring (bicyclic) bond motifs is 1. The van der Waals surface area contributed by atoms with Gasteiger partial charge in [0, 0.05) is 23.2 Å². The van der Waals surface area contributed by atoms with Crippen molar-refractivity contribution in [1.29, 1.82) is 0 Å². The molecule has 0 saturated carbocycles. The smallest absolute Gasteiger partial charge is 0.316 e. The Morgan fingerprint density at radius 3 is 2.78 bits per heavy atom. The van der Waals surface area contributed by atoms with E-state index in [0.717, 1.165) is 11.3 Å². The maximum atomic E-state index is 12.5. The molecule has 1 heterocycles. The van der Waals surface area contributed by atoms with Crippen molar-refractivity contribution < 1.29 is 14.3 Å². The standard InChI is InChI=1S/C17H17N3O3/c18-17(22)19-12-5-3-4-11(10-12)16(21)20-14-8-9-23-15-7-2-1-6-13(14)15/h1-7,10,14H,8-9H2,(H,20,21)(H3,18,19,22)/t14-/m0/s1. The van der Waals surface area contributed by atoms with Gasteiger partial charge in [-0.25, -0.2) is 4.79 Å². The monoisotopic (exact) mass is 311 g/mol. The maximum Gasteiger partial charge on any atom is 0.316 e. The summed E-state index contributed by atoms with van der Waals surface area (Å²) in [5.74, 6) is 0.591. The second-order valence-electron chi connectivity index (χ2n) is 5.27. The van der Waals surface area contributed by atoms with Crippen LogP contribution in [0, 0.1) is 0 Å². The molecule has 0 saturated heterocycles. The molecular formula is C17H17N3O3. The van der Waals surface area contributed by atoms with Gasteiger partial charge in [0.25, 0.3) is 5.91 Å². The number of anilines is 1. The van der Waals surface area contributed by atoms with Crippen molar-refractivity contribution in [2.75, 3.05) is 11.9 Å². The highest BCUT2D eigenvalue weighted by atomic mass is 16.5. The molecule has 4 N–H and O–H groups in total. The largest absolute Gasteiger partial charge is 0.493 e. The van der Waals surface area contributed by atoms with E-state index in [2.05, 4.69) is 10.6 Å². The van der Waals surface area contributed by atoms with E-state index in [1.54, 1.807) is 24.3 Å². The Morgan fingerprint density at radius 2 is 1.96 bits per heavy atom. The molecular weight excluding hydrogens is 294 g/mol. The fourth-order valence-corrected chi connectivity index (χ4v) is 2.61. The first kappa shape index (κ1) is 14.9. The first-order valence-electron chi connectivity index (χ1n) is 7.32. The number of carbonyl (C=O) groups is 2. The average molecular weight is 311 g/mol. The summed E-state index contributed by atoms with van der Waals surface area (Å²) in [7, 11) is 0. The summed E-state index contributed by atoms with van der Waals surface area (Å²) < 4.78 is 5.59. The minimum atomic E-state index is -0.666. The fraction of sp³-hybridized carbons (Fsp3) is 0.176. The van der Waals surface area contributed by atoms with Gasteiger partial charge in [0.2, 0.25) is 0 Å². The van der Waals surface area contributed by atoms with E-state index in [1.165, 1.54) is 0 Å². The van der Waals surface area contributed by atoms with Crippen LogP contribution in [-0.4, -0.2) is 18.5 Å². The summed E-state index contributed by atoms with van der Waals surface area (Å²) in [6.45, 7) is 0.561. The highest BCUT2D eigenvalue weighted by Gasteiger charge is 2.23. The second-order valence-corrected chi connectivity index (χ2v) is 5.27. The molecule has 3 amide bonds. The number of nitrogens with two attached hydrogens (primary N) is 1. The summed E-state index contributed by atoms with van der Waals surface area (Å²) in [5.41, 5.74) is 7.00. The lowest BCUT2D eigenvalue weighted by Crippen LogP contribution is -2.32. The van der Waals surface area contributed by atoms with Gasteiger partial charge in [-0.05, 0) is 24.3 Å². The molecule has 6 nitrogen and oxygen atoms in total. The van der Waals surface area contributed by atoms with Gasteiger partial charge in [0.15, 0.2) is 0 Å². The average Bonchev–Trinajstić information content (AvgIpc) is 2.55. The molecule has 0 aromatic heterocycles. The lowest BCUT2D eigenvalue weighted by Gasteiger charge is -2.26. The van der Waals surface area contributed by atoms with Crippen LogP contribution in [0.2, 0.25) is 0 Å². The van der Waals surface area contributed by atoms with Gasteiger partial charge >= 0.3 is 6.03 Å². The van der Waals surface area contributed by atoms with E-state index < -0.39 is 6.03 Å². The van der Waals surface area contributed by atoms with Crippen LogP contribution in [0.3, 0.4) is 0 Å². The number of rotatable bonds is 3. The summed E-state index contributed by atoms with van der Waals surface area (Å²) in [6, 6.07) is 13.5. The molecule has 1 atom stereocenters. The molecule has 6 heteroatoms. The number of urea groups is 1. The number of hydrogen-bond acceptors (Lipinski definition) is 3. The lowest BCUT2D eigenvalue weighted by atomic mass is 10.00. The van der Waals surface area contributed by atoms with Crippen LogP contribution in [0.25, 0.3) is 0 Å². The molecule has 1 aliphatic rings. The zero-order valence-corrected chi connectivity index (χ0v) is 12.4. The van der Waals surface area contributed by atoms with Crippen LogP contribution < -0.4 is 21.1 Å². The molecule has 118 valence electrons. The summed E-state index contributed by atoms with van der Waals surface area (Å²) in [5, 5.41) is 5.47. The molecule has 2 aromatic carbocycles. The van der Waals surface area contributed by atoms with Gasteiger partial charge in [0.05, 0.1) is 12.6 Å². The first-order chi connectivity index (χ1) is 11.1. The number of para-hydroxylation sites is 1. The van der Waals surface area contributed by atoms with Gasteiger partial charge in [-0.3, -0.25) is 4.79 Å². The van der Waals surface area contributed by atoms with Crippen molar-refractivity contribution in [2.24, 2.45) is 5.73 Å². The quantitative estimate of drug-likeness (QED) is 0.812. The molecule has 23 heavy (non-hydrogen) atoms. The lowest BCUT2D eigenvalue weighted by molar-refractivity contribution is 0.0925. The minimum Gasteiger partial charge on any atom is -0.493 e. The Labute approximate surface area is 133 Å². The van der Waals surface area contributed by atoms with Crippen LogP contribution in [-0.2, 0) is 0 Å². The Kier molecular flexibility index (Phi) is 4.14. The number of ether oxygens (including phenoxy) is 1. The molecule has 0 radical (unpaired) electrons. The summed E-state index contributed by atoms with van der Waals surface area (Å²) in [4.78, 5) is 23.4. The van der Waals surface area contributed by atoms with E-state index in [9.17, 15) is 9.59 Å². The number of amides is 3. The first-order valence-corrected chi connectivity index (χ1v) is 7.32. The van der Waals surface area contributed by atoms with Crippen molar-refractivity contribution in [3.05, 3.63) is 59.7 Å². The van der Waals surface area contributed by atoms with Crippen LogP contribution in [0.15, 0.2) is 48.5 Å². The SMILES string of the molecule is NC(=O)Nc1cccc(C(=O)N[C@H]2CCOc3ccccc32)c1. The van der Waals surface area contributed by atoms with Gasteiger partial charge in [-0.1, -0.05) is 24.3 Å². The van der Waals surface area contributed by atoms with Crippen LogP contribution >= 0.6 is 0 Å². The predicted molar refractivity (Wildman–Crippen MR) is 86.4 cm³/mol. The number of nitrogens with one attached hydrogen (secondary N) is 2. The minimum absolute atomic E-state index is 0.0970. The van der Waals surface area contributed by atoms with Crippen molar-refractivity contribution in [3.63, 3.8) is 0 Å². The summed E-state index contributed by atoms with van der Waals surface area (Å²) in [6.07, 6.45) is 0.710. The van der Waals surface area contributed by atoms with Crippen molar-refractivity contribution in [3.8, 4) is 5.75 Å². The molecule has 0 fully saturated rings. The Bertz CT molecular complexity index is 745. The zero-order valence-electron chi connectivity index (χ0n) is 12.4. The Balaban J connectivity index is 1.76. The molecule has 0 spiro atoms. The number of hydrogen-bond donors (Lipinski definition) is 3. The molecule has 0 unspecified atom stereocenters. The number of benzene rings is 2. The molecule has 2 aromatic rings. The topological polar surface area (TPSA) is 93.5 Å². The van der Waals surface area contributed by atoms with E-state index >= 15 is 0 Å². The highest BCUT2D eigenvalue weighted by molar-refractivity contribution is 5.96. The van der Waals surface area contributed by atoms with Crippen LogP contribution in [0.1, 0.15) is 28.4 Å². The van der Waals surface area contributed by atoms with Gasteiger partial charge < -0.3 is 21.1 Å². The van der Waals surface area contributed by atoms with Gasteiger partial charge in [0.1, 0.15) is 5.75 Å². The molecule has 0 bridgehead atoms. The third-order valence-corrected chi connectivity index (χ3v) is 3.66. The van der Waals surface area contributed by atoms with Gasteiger partial charge in [-0.2, -0.15) is 0 Å². The Morgan fingerprint density at radius 1 is 1.13 bits per heavy atom. The van der Waals surface area contributed by atoms with E-state index in [1.807, 2.05) is 24.3 Å². The number of carbonyl (C=O) groups excluding carboxylic acids is 2. The van der Waals surface area contributed by atoms with E-state index in [0.29, 0.717) is 24.3 Å². The fourth-order valence-electron chi connectivity index (χ4n) is 2.61. The van der Waals surface area contributed by atoms with Gasteiger partial charge in [-0.15, -0.1) is 0 Å². The van der Waals surface area contributed by atoms with Crippen molar-refractivity contribution in [1.82, 2.24) is 5.32 Å². The second kappa shape index (κ2) is 6.39. The van der Waals surface area contributed by atoms with Crippen LogP contribution in [0.4, 0.5) is 10.5 Å².